The average molecular weight is 513 g/mol. The van der Waals surface area contributed by atoms with E-state index in [4.69, 9.17) is 9.47 Å². The molecule has 2 aliphatic rings. The van der Waals surface area contributed by atoms with E-state index in [1.807, 2.05) is 48.5 Å². The predicted octanol–water partition coefficient (Wildman–Crippen LogP) is 5.32. The topological polar surface area (TPSA) is 116 Å². The number of likely N-dealkylation sites (tertiary alicyclic amines) is 2. The normalized spacial score (nSPS) is 15.2. The Labute approximate surface area is 219 Å². The number of H-pyrrole nitrogens is 2. The third kappa shape index (κ3) is 5.10. The quantitative estimate of drug-likeness (QED) is 0.374. The molecule has 0 aliphatic carbocycles. The van der Waals surface area contributed by atoms with Gasteiger partial charge >= 0.3 is 24.2 Å². The molecule has 4 heterocycles. The number of carbonyl (C=O) groups is 2. The van der Waals surface area contributed by atoms with Crippen molar-refractivity contribution >= 4 is 12.2 Å². The standard InChI is InChI=1S/C28H28N6O4/c35-27(33-13-1-2-14-33)37-25-29-17-23(31-25)21-9-5-19(6-10-21)20-7-11-22(12-8-20)24-18-30-26(32-24)38-28(36)34-15-3-4-16-34/h5-12,17-18H,1-4,13-16H2,(H,29,31)(H,30,32). The summed E-state index contributed by atoms with van der Waals surface area (Å²) in [6.07, 6.45) is 6.63. The Morgan fingerprint density at radius 3 is 1.29 bits per heavy atom. The van der Waals surface area contributed by atoms with E-state index in [1.165, 1.54) is 0 Å². The lowest BCUT2D eigenvalue weighted by atomic mass is 10.0. The van der Waals surface area contributed by atoms with Gasteiger partial charge in [0.05, 0.1) is 23.8 Å². The Morgan fingerprint density at radius 1 is 0.579 bits per heavy atom. The van der Waals surface area contributed by atoms with E-state index in [0.29, 0.717) is 0 Å². The van der Waals surface area contributed by atoms with Crippen molar-refractivity contribution in [1.82, 2.24) is 29.7 Å². The maximum absolute atomic E-state index is 12.2. The Hall–Kier alpha value is -4.60. The van der Waals surface area contributed by atoms with Crippen LogP contribution in [-0.2, 0) is 0 Å². The maximum atomic E-state index is 12.2. The van der Waals surface area contributed by atoms with E-state index in [-0.39, 0.29) is 24.2 Å². The van der Waals surface area contributed by atoms with Crippen molar-refractivity contribution in [1.29, 1.82) is 0 Å². The van der Waals surface area contributed by atoms with Crippen LogP contribution in [0.3, 0.4) is 0 Å². The van der Waals surface area contributed by atoms with Crippen LogP contribution in [0.15, 0.2) is 60.9 Å². The third-order valence-corrected chi connectivity index (χ3v) is 6.93. The molecule has 0 saturated carbocycles. The van der Waals surface area contributed by atoms with Gasteiger partial charge in [-0.25, -0.2) is 19.6 Å². The van der Waals surface area contributed by atoms with Crippen LogP contribution >= 0.6 is 0 Å². The lowest BCUT2D eigenvalue weighted by Gasteiger charge is -2.12. The molecule has 0 atom stereocenters. The zero-order valence-corrected chi connectivity index (χ0v) is 20.9. The molecule has 10 nitrogen and oxygen atoms in total. The molecule has 2 aromatic carbocycles. The van der Waals surface area contributed by atoms with E-state index >= 15 is 0 Å². The molecular weight excluding hydrogens is 484 g/mol. The first kappa shape index (κ1) is 23.8. The molecule has 10 heteroatoms. The second-order valence-corrected chi connectivity index (χ2v) is 9.48. The number of hydrogen-bond acceptors (Lipinski definition) is 6. The van der Waals surface area contributed by atoms with Crippen molar-refractivity contribution in [3.63, 3.8) is 0 Å². The van der Waals surface area contributed by atoms with Crippen LogP contribution in [0.5, 0.6) is 12.0 Å². The van der Waals surface area contributed by atoms with E-state index in [1.54, 1.807) is 22.2 Å². The van der Waals surface area contributed by atoms with E-state index in [2.05, 4.69) is 19.9 Å². The molecule has 2 saturated heterocycles. The summed E-state index contributed by atoms with van der Waals surface area (Å²) >= 11 is 0. The number of ether oxygens (including phenoxy) is 2. The zero-order valence-electron chi connectivity index (χ0n) is 20.9. The van der Waals surface area contributed by atoms with Crippen molar-refractivity contribution < 1.29 is 19.1 Å². The lowest BCUT2D eigenvalue weighted by Crippen LogP contribution is -2.30. The molecule has 2 aromatic heterocycles. The molecule has 6 rings (SSSR count). The molecule has 0 radical (unpaired) electrons. The van der Waals surface area contributed by atoms with Gasteiger partial charge in [-0.1, -0.05) is 48.5 Å². The van der Waals surface area contributed by atoms with E-state index < -0.39 is 0 Å². The number of imidazole rings is 2. The van der Waals surface area contributed by atoms with Crippen molar-refractivity contribution in [3.8, 4) is 45.7 Å². The fourth-order valence-electron chi connectivity index (χ4n) is 4.78. The average Bonchev–Trinajstić information content (AvgIpc) is 3.76. The first-order valence-electron chi connectivity index (χ1n) is 12.9. The van der Waals surface area contributed by atoms with Gasteiger partial charge in [-0.2, -0.15) is 0 Å². The molecule has 194 valence electrons. The highest BCUT2D eigenvalue weighted by atomic mass is 16.6. The number of nitrogens with zero attached hydrogens (tertiary/aromatic N) is 4. The molecule has 2 amide bonds. The highest BCUT2D eigenvalue weighted by Crippen LogP contribution is 2.28. The summed E-state index contributed by atoms with van der Waals surface area (Å²) in [6, 6.07) is 16.5. The highest BCUT2D eigenvalue weighted by molar-refractivity contribution is 5.73. The Morgan fingerprint density at radius 2 is 0.921 bits per heavy atom. The van der Waals surface area contributed by atoms with Gasteiger partial charge in [0, 0.05) is 26.2 Å². The van der Waals surface area contributed by atoms with Crippen LogP contribution in [0.1, 0.15) is 25.7 Å². The molecule has 4 aromatic rings. The second kappa shape index (κ2) is 10.4. The zero-order chi connectivity index (χ0) is 25.9. The molecule has 0 spiro atoms. The largest absolute Gasteiger partial charge is 0.417 e. The number of nitrogens with one attached hydrogen (secondary N) is 2. The Kier molecular flexibility index (Phi) is 6.51. The molecule has 2 N–H and O–H groups in total. The molecule has 38 heavy (non-hydrogen) atoms. The van der Waals surface area contributed by atoms with Crippen LogP contribution in [-0.4, -0.2) is 68.1 Å². The molecule has 0 unspecified atom stereocenters. The van der Waals surface area contributed by atoms with Gasteiger partial charge < -0.3 is 29.2 Å². The summed E-state index contributed by atoms with van der Waals surface area (Å²) in [7, 11) is 0. The minimum atomic E-state index is -0.364. The minimum Gasteiger partial charge on any atom is -0.375 e. The molecule has 2 aliphatic heterocycles. The Balaban J connectivity index is 1.08. The maximum Gasteiger partial charge on any atom is 0.417 e. The van der Waals surface area contributed by atoms with Gasteiger partial charge in [-0.15, -0.1) is 0 Å². The molecule has 0 bridgehead atoms. The van der Waals surface area contributed by atoms with Crippen LogP contribution in [0.4, 0.5) is 9.59 Å². The van der Waals surface area contributed by atoms with Crippen molar-refractivity contribution in [2.75, 3.05) is 26.2 Å². The van der Waals surface area contributed by atoms with Gasteiger partial charge in [0.15, 0.2) is 0 Å². The predicted molar refractivity (Wildman–Crippen MR) is 141 cm³/mol. The van der Waals surface area contributed by atoms with Crippen LogP contribution in [0.25, 0.3) is 33.6 Å². The number of aromatic nitrogens is 4. The summed E-state index contributed by atoms with van der Waals surface area (Å²) < 4.78 is 10.7. The summed E-state index contributed by atoms with van der Waals surface area (Å²) in [4.78, 5) is 42.3. The van der Waals surface area contributed by atoms with Gasteiger partial charge in [0.25, 0.3) is 0 Å². The second-order valence-electron chi connectivity index (χ2n) is 9.48. The van der Waals surface area contributed by atoms with Gasteiger partial charge in [0.1, 0.15) is 0 Å². The fraction of sp³-hybridized carbons (Fsp3) is 0.286. The van der Waals surface area contributed by atoms with E-state index in [9.17, 15) is 9.59 Å². The molecular formula is C28H28N6O4. The first-order valence-corrected chi connectivity index (χ1v) is 12.9. The van der Waals surface area contributed by atoms with Gasteiger partial charge in [-0.05, 0) is 47.9 Å². The fourth-order valence-corrected chi connectivity index (χ4v) is 4.78. The van der Waals surface area contributed by atoms with Gasteiger partial charge in [-0.3, -0.25) is 0 Å². The number of hydrogen-bond donors (Lipinski definition) is 2. The van der Waals surface area contributed by atoms with Crippen molar-refractivity contribution in [3.05, 3.63) is 60.9 Å². The Bertz CT molecular complexity index is 1300. The van der Waals surface area contributed by atoms with E-state index in [0.717, 1.165) is 85.5 Å². The van der Waals surface area contributed by atoms with Gasteiger partial charge in [0.2, 0.25) is 0 Å². The summed E-state index contributed by atoms with van der Waals surface area (Å²) in [5.41, 5.74) is 5.55. The highest BCUT2D eigenvalue weighted by Gasteiger charge is 2.22. The van der Waals surface area contributed by atoms with Crippen LogP contribution in [0.2, 0.25) is 0 Å². The van der Waals surface area contributed by atoms with Crippen molar-refractivity contribution in [2.45, 2.75) is 25.7 Å². The van der Waals surface area contributed by atoms with Crippen molar-refractivity contribution in [2.24, 2.45) is 0 Å². The summed E-state index contributed by atoms with van der Waals surface area (Å²) in [5.74, 6) is 0. The third-order valence-electron chi connectivity index (χ3n) is 6.93. The smallest absolute Gasteiger partial charge is 0.375 e. The first-order chi connectivity index (χ1) is 18.6. The van der Waals surface area contributed by atoms with Crippen LogP contribution in [0, 0.1) is 0 Å². The lowest BCUT2D eigenvalue weighted by molar-refractivity contribution is 0.158. The number of aromatic amines is 2. The number of amides is 2. The van der Waals surface area contributed by atoms with Crippen LogP contribution < -0.4 is 9.47 Å². The number of benzene rings is 2. The number of carbonyl (C=O) groups excluding carboxylic acids is 2. The molecule has 2 fully saturated rings. The SMILES string of the molecule is O=C(Oc1ncc(-c2ccc(-c3ccc(-c4cnc(OC(=O)N5CCCC5)[nH]4)cc3)cc2)[nH]1)N1CCCC1. The monoisotopic (exact) mass is 512 g/mol. The minimum absolute atomic E-state index is 0.198. The summed E-state index contributed by atoms with van der Waals surface area (Å²) in [6.45, 7) is 2.91. The summed E-state index contributed by atoms with van der Waals surface area (Å²) in [5, 5.41) is 0. The number of rotatable bonds is 5.